The van der Waals surface area contributed by atoms with Gasteiger partial charge >= 0.3 is 6.61 Å². The van der Waals surface area contributed by atoms with Gasteiger partial charge in [-0.3, -0.25) is 9.48 Å². The van der Waals surface area contributed by atoms with E-state index in [1.807, 2.05) is 0 Å². The fourth-order valence-corrected chi connectivity index (χ4v) is 2.95. The molecular formula is C16H14ClF4N3O2. The zero-order valence-corrected chi connectivity index (χ0v) is 14.0. The lowest BCUT2D eigenvalue weighted by atomic mass is 10.2. The molecule has 1 N–H and O–H groups in total. The van der Waals surface area contributed by atoms with Gasteiger partial charge in [0.2, 0.25) is 5.91 Å². The highest BCUT2D eigenvalue weighted by molar-refractivity contribution is 6.32. The van der Waals surface area contributed by atoms with Gasteiger partial charge in [-0.1, -0.05) is 23.7 Å². The number of amides is 1. The molecule has 1 aromatic carbocycles. The van der Waals surface area contributed by atoms with E-state index in [1.54, 1.807) is 0 Å². The van der Waals surface area contributed by atoms with Crippen molar-refractivity contribution in [3.63, 3.8) is 0 Å². The van der Waals surface area contributed by atoms with Crippen molar-refractivity contribution in [1.29, 1.82) is 0 Å². The first kappa shape index (κ1) is 18.5. The van der Waals surface area contributed by atoms with Gasteiger partial charge in [0, 0.05) is 5.92 Å². The van der Waals surface area contributed by atoms with E-state index in [0.29, 0.717) is 5.69 Å². The highest BCUT2D eigenvalue weighted by Crippen LogP contribution is 2.45. The third kappa shape index (κ3) is 4.09. The average Bonchev–Trinajstić information content (AvgIpc) is 3.33. The van der Waals surface area contributed by atoms with Crippen molar-refractivity contribution < 1.29 is 27.1 Å². The van der Waals surface area contributed by atoms with Gasteiger partial charge in [0.1, 0.15) is 18.0 Å². The van der Waals surface area contributed by atoms with Crippen LogP contribution in [-0.2, 0) is 11.3 Å². The monoisotopic (exact) mass is 391 g/mol. The Hall–Kier alpha value is -2.29. The van der Waals surface area contributed by atoms with Crippen molar-refractivity contribution in [2.45, 2.75) is 38.3 Å². The Labute approximate surface area is 150 Å². The number of aromatic nitrogens is 2. The molecule has 1 amide bonds. The summed E-state index contributed by atoms with van der Waals surface area (Å²) >= 11 is 5.99. The van der Waals surface area contributed by atoms with Crippen LogP contribution in [0.5, 0.6) is 5.75 Å². The molecule has 0 saturated heterocycles. The molecule has 0 spiro atoms. The molecular weight excluding hydrogens is 378 g/mol. The summed E-state index contributed by atoms with van der Waals surface area (Å²) in [5, 5.41) is 6.04. The van der Waals surface area contributed by atoms with Gasteiger partial charge in [0.25, 0.3) is 6.43 Å². The first-order chi connectivity index (χ1) is 12.4. The Morgan fingerprint density at radius 2 is 2.00 bits per heavy atom. The number of halogens is 5. The highest BCUT2D eigenvalue weighted by Gasteiger charge is 2.34. The minimum absolute atomic E-state index is 0.00949. The van der Waals surface area contributed by atoms with Crippen LogP contribution >= 0.6 is 11.6 Å². The van der Waals surface area contributed by atoms with Gasteiger partial charge in [-0.2, -0.15) is 13.9 Å². The second kappa shape index (κ2) is 7.53. The van der Waals surface area contributed by atoms with Gasteiger partial charge in [-0.05, 0) is 25.0 Å². The van der Waals surface area contributed by atoms with Crippen molar-refractivity contribution in [3.8, 4) is 5.75 Å². The Kier molecular flexibility index (Phi) is 5.36. The molecule has 0 radical (unpaired) electrons. The van der Waals surface area contributed by atoms with Crippen molar-refractivity contribution in [3.05, 3.63) is 40.7 Å². The van der Waals surface area contributed by atoms with Crippen LogP contribution in [0.1, 0.15) is 36.6 Å². The molecule has 1 saturated carbocycles. The maximum Gasteiger partial charge on any atom is 0.387 e. The number of alkyl halides is 4. The van der Waals surface area contributed by atoms with E-state index in [1.165, 1.54) is 24.3 Å². The second-order valence-corrected chi connectivity index (χ2v) is 6.12. The van der Waals surface area contributed by atoms with E-state index in [0.717, 1.165) is 17.5 Å². The molecule has 1 aliphatic carbocycles. The lowest BCUT2D eigenvalue weighted by Gasteiger charge is -2.12. The molecule has 1 fully saturated rings. The van der Waals surface area contributed by atoms with Crippen LogP contribution in [0.2, 0.25) is 5.02 Å². The number of hydrogen-bond donors (Lipinski definition) is 1. The number of carbonyl (C=O) groups is 1. The maximum absolute atomic E-state index is 13.0. The molecule has 5 nitrogen and oxygen atoms in total. The summed E-state index contributed by atoms with van der Waals surface area (Å²) in [6.45, 7) is -3.42. The molecule has 0 bridgehead atoms. The van der Waals surface area contributed by atoms with Gasteiger partial charge in [0.15, 0.2) is 0 Å². The van der Waals surface area contributed by atoms with Gasteiger partial charge in [-0.25, -0.2) is 8.78 Å². The molecule has 0 atom stereocenters. The zero-order valence-electron chi connectivity index (χ0n) is 13.3. The number of para-hydroxylation sites is 2. The number of carbonyl (C=O) groups excluding carboxylic acids is 1. The molecule has 10 heteroatoms. The molecule has 140 valence electrons. The number of anilines is 1. The van der Waals surface area contributed by atoms with Crippen molar-refractivity contribution in [1.82, 2.24) is 9.78 Å². The molecule has 1 aromatic heterocycles. The fraction of sp³-hybridized carbons (Fsp3) is 0.375. The third-order valence-electron chi connectivity index (χ3n) is 3.80. The van der Waals surface area contributed by atoms with Gasteiger partial charge in [-0.15, -0.1) is 0 Å². The fourth-order valence-electron chi connectivity index (χ4n) is 2.57. The van der Waals surface area contributed by atoms with Crippen LogP contribution in [-0.4, -0.2) is 22.3 Å². The van der Waals surface area contributed by atoms with Crippen LogP contribution in [0, 0.1) is 0 Å². The summed E-state index contributed by atoms with van der Waals surface area (Å²) in [5.74, 6) is -0.841. The molecule has 0 unspecified atom stereocenters. The van der Waals surface area contributed by atoms with E-state index in [4.69, 9.17) is 11.6 Å². The number of hydrogen-bond acceptors (Lipinski definition) is 3. The first-order valence-electron chi connectivity index (χ1n) is 7.74. The summed E-state index contributed by atoms with van der Waals surface area (Å²) in [6, 6.07) is 5.67. The van der Waals surface area contributed by atoms with Crippen molar-refractivity contribution >= 4 is 23.2 Å². The standard InChI is InChI=1S/C16H14ClF4N3O2/c17-12-13(15(18)19)23-24(14(12)8-5-6-8)7-11(25)22-9-3-1-2-4-10(9)26-16(20)21/h1-4,8,15-16H,5-7H2,(H,22,25). The summed E-state index contributed by atoms with van der Waals surface area (Å²) < 4.78 is 56.4. The van der Waals surface area contributed by atoms with Crippen molar-refractivity contribution in [2.75, 3.05) is 5.32 Å². The Morgan fingerprint density at radius 1 is 1.31 bits per heavy atom. The summed E-state index contributed by atoms with van der Waals surface area (Å²) in [7, 11) is 0. The molecule has 3 rings (SSSR count). The van der Waals surface area contributed by atoms with E-state index in [2.05, 4.69) is 15.2 Å². The van der Waals surface area contributed by atoms with E-state index >= 15 is 0 Å². The van der Waals surface area contributed by atoms with Crippen LogP contribution in [0.4, 0.5) is 23.2 Å². The lowest BCUT2D eigenvalue weighted by Crippen LogP contribution is -2.21. The summed E-state index contributed by atoms with van der Waals surface area (Å²) in [6.07, 6.45) is -1.30. The number of nitrogens with one attached hydrogen (secondary N) is 1. The summed E-state index contributed by atoms with van der Waals surface area (Å²) in [5.41, 5.74) is -0.129. The zero-order chi connectivity index (χ0) is 18.8. The quantitative estimate of drug-likeness (QED) is 0.702. The lowest BCUT2D eigenvalue weighted by molar-refractivity contribution is -0.117. The van der Waals surface area contributed by atoms with Crippen LogP contribution < -0.4 is 10.1 Å². The number of rotatable bonds is 7. The number of benzene rings is 1. The Morgan fingerprint density at radius 3 is 2.62 bits per heavy atom. The van der Waals surface area contributed by atoms with E-state index in [9.17, 15) is 22.4 Å². The van der Waals surface area contributed by atoms with Gasteiger partial charge in [0.05, 0.1) is 16.4 Å². The number of ether oxygens (including phenoxy) is 1. The topological polar surface area (TPSA) is 56.2 Å². The molecule has 1 heterocycles. The van der Waals surface area contributed by atoms with Crippen molar-refractivity contribution in [2.24, 2.45) is 0 Å². The minimum Gasteiger partial charge on any atom is -0.433 e. The highest BCUT2D eigenvalue weighted by atomic mass is 35.5. The van der Waals surface area contributed by atoms with Gasteiger partial charge < -0.3 is 10.1 Å². The maximum atomic E-state index is 13.0. The molecule has 26 heavy (non-hydrogen) atoms. The van der Waals surface area contributed by atoms with E-state index < -0.39 is 24.6 Å². The third-order valence-corrected chi connectivity index (χ3v) is 4.18. The smallest absolute Gasteiger partial charge is 0.387 e. The molecule has 2 aromatic rings. The predicted octanol–water partition coefficient (Wildman–Crippen LogP) is 4.59. The van der Waals surface area contributed by atoms with E-state index in [-0.39, 0.29) is 28.9 Å². The predicted molar refractivity (Wildman–Crippen MR) is 85.9 cm³/mol. The average molecular weight is 392 g/mol. The Bertz CT molecular complexity index is 809. The second-order valence-electron chi connectivity index (χ2n) is 5.74. The Balaban J connectivity index is 1.78. The number of nitrogens with zero attached hydrogens (tertiary/aromatic N) is 2. The normalized spacial score (nSPS) is 14.1. The van der Waals surface area contributed by atoms with Crippen LogP contribution in [0.3, 0.4) is 0 Å². The van der Waals surface area contributed by atoms with Crippen LogP contribution in [0.15, 0.2) is 24.3 Å². The minimum atomic E-state index is -3.05. The largest absolute Gasteiger partial charge is 0.433 e. The van der Waals surface area contributed by atoms with Crippen LogP contribution in [0.25, 0.3) is 0 Å². The molecule has 0 aliphatic heterocycles. The SMILES string of the molecule is O=C(Cn1nc(C(F)F)c(Cl)c1C1CC1)Nc1ccccc1OC(F)F. The first-order valence-corrected chi connectivity index (χ1v) is 8.12. The molecule has 1 aliphatic rings. The summed E-state index contributed by atoms with van der Waals surface area (Å²) in [4.78, 5) is 12.3.